The van der Waals surface area contributed by atoms with E-state index in [2.05, 4.69) is 46.0 Å². The van der Waals surface area contributed by atoms with Gasteiger partial charge < -0.3 is 5.32 Å². The van der Waals surface area contributed by atoms with E-state index in [0.29, 0.717) is 11.7 Å². The fraction of sp³-hybridized carbons (Fsp3) is 0.800. The van der Waals surface area contributed by atoms with Gasteiger partial charge in [0.25, 0.3) is 0 Å². The van der Waals surface area contributed by atoms with Gasteiger partial charge in [-0.1, -0.05) is 60.1 Å². The zero-order valence-electron chi connectivity index (χ0n) is 25.5. The van der Waals surface area contributed by atoms with Crippen molar-refractivity contribution in [2.24, 2.45) is 56.2 Å². The van der Waals surface area contributed by atoms with Gasteiger partial charge >= 0.3 is 0 Å². The Hall–Kier alpha value is -1.73. The van der Waals surface area contributed by atoms with Crippen LogP contribution in [-0.2, 0) is 9.59 Å². The Balaban J connectivity index is 1.45. The monoisotopic (exact) mass is 530 g/mol. The van der Waals surface area contributed by atoms with Gasteiger partial charge in [0.05, 0.1) is 5.57 Å². The van der Waals surface area contributed by atoms with Gasteiger partial charge in [-0.2, -0.15) is 5.26 Å². The number of carbonyl (C=O) groups is 2. The van der Waals surface area contributed by atoms with Crippen molar-refractivity contribution < 1.29 is 9.59 Å². The number of allylic oxidation sites excluding steroid dienone is 4. The molecule has 6 aliphatic carbocycles. The fourth-order valence-electron chi connectivity index (χ4n) is 10.9. The first-order valence-electron chi connectivity index (χ1n) is 15.8. The zero-order chi connectivity index (χ0) is 28.2. The van der Waals surface area contributed by atoms with Crippen LogP contribution in [0, 0.1) is 67.5 Å². The summed E-state index contributed by atoms with van der Waals surface area (Å²) in [5.74, 6) is 1.69. The quantitative estimate of drug-likeness (QED) is 0.417. The van der Waals surface area contributed by atoms with E-state index >= 15 is 0 Å². The number of fused-ring (bicyclic) bond motifs is 7. The first-order valence-corrected chi connectivity index (χ1v) is 15.8. The molecule has 6 aliphatic rings. The summed E-state index contributed by atoms with van der Waals surface area (Å²) in [6, 6.07) is 2.23. The fourth-order valence-corrected chi connectivity index (χ4v) is 10.9. The highest BCUT2D eigenvalue weighted by Crippen LogP contribution is 2.74. The minimum Gasteiger partial charge on any atom is -0.316 e. The SMILES string of the molecule is CC1(C)CC[C@]2(CNCC3CC3)CC[C@]3(C)[C@H](C(=O)C=C4[C@@]5(C)C=C(C#N)C(=O)C(C)(C)[C@@H]5CC[C@]43C)[C@@H]2C1. The first kappa shape index (κ1) is 27.4. The molecule has 0 aromatic carbocycles. The highest BCUT2D eigenvalue weighted by Gasteiger charge is 2.69. The summed E-state index contributed by atoms with van der Waals surface area (Å²) in [4.78, 5) is 27.8. The van der Waals surface area contributed by atoms with E-state index in [9.17, 15) is 14.9 Å². The molecule has 0 heterocycles. The smallest absolute Gasteiger partial charge is 0.178 e. The molecule has 0 spiro atoms. The predicted octanol–water partition coefficient (Wildman–Crippen LogP) is 7.21. The highest BCUT2D eigenvalue weighted by molar-refractivity contribution is 6.04. The van der Waals surface area contributed by atoms with Crippen molar-refractivity contribution in [3.63, 3.8) is 0 Å². The summed E-state index contributed by atoms with van der Waals surface area (Å²) in [6.45, 7) is 18.2. The lowest BCUT2D eigenvalue weighted by Gasteiger charge is -2.69. The molecular formula is C35H50N2O2. The van der Waals surface area contributed by atoms with E-state index < -0.39 is 10.8 Å². The van der Waals surface area contributed by atoms with Gasteiger partial charge in [-0.15, -0.1) is 0 Å². The molecule has 4 fully saturated rings. The molecule has 4 heteroatoms. The molecular weight excluding hydrogens is 480 g/mol. The second-order valence-electron chi connectivity index (χ2n) is 16.7. The van der Waals surface area contributed by atoms with E-state index in [1.807, 2.05) is 26.0 Å². The molecule has 7 atom stereocenters. The maximum absolute atomic E-state index is 14.6. The lowest BCUT2D eigenvalue weighted by Crippen LogP contribution is -2.65. The lowest BCUT2D eigenvalue weighted by molar-refractivity contribution is -0.170. The summed E-state index contributed by atoms with van der Waals surface area (Å²) < 4.78 is 0. The molecule has 0 amide bonds. The van der Waals surface area contributed by atoms with E-state index in [-0.39, 0.29) is 44.9 Å². The van der Waals surface area contributed by atoms with Gasteiger partial charge in [0, 0.05) is 23.3 Å². The van der Waals surface area contributed by atoms with Crippen LogP contribution < -0.4 is 5.32 Å². The number of nitrogens with zero attached hydrogens (tertiary/aromatic N) is 1. The average Bonchev–Trinajstić information content (AvgIpc) is 3.68. The largest absolute Gasteiger partial charge is 0.316 e. The third-order valence-corrected chi connectivity index (χ3v) is 13.6. The maximum Gasteiger partial charge on any atom is 0.178 e. The topological polar surface area (TPSA) is 70.0 Å². The maximum atomic E-state index is 14.6. The normalized spacial score (nSPS) is 46.1. The number of Topliss-reactive ketones (excluding diaryl/α,β-unsaturated/α-hetero) is 1. The minimum absolute atomic E-state index is 0.0338. The second-order valence-corrected chi connectivity index (χ2v) is 16.7. The third kappa shape index (κ3) is 3.70. The molecule has 0 aromatic heterocycles. The Morgan fingerprint density at radius 2 is 1.64 bits per heavy atom. The Kier molecular flexibility index (Phi) is 5.91. The van der Waals surface area contributed by atoms with Gasteiger partial charge in [0.15, 0.2) is 11.6 Å². The first-order chi connectivity index (χ1) is 18.1. The molecule has 0 radical (unpaired) electrons. The van der Waals surface area contributed by atoms with Gasteiger partial charge in [-0.3, -0.25) is 9.59 Å². The summed E-state index contributed by atoms with van der Waals surface area (Å²) >= 11 is 0. The van der Waals surface area contributed by atoms with Crippen LogP contribution in [0.3, 0.4) is 0 Å². The van der Waals surface area contributed by atoms with Crippen molar-refractivity contribution in [3.05, 3.63) is 23.3 Å². The van der Waals surface area contributed by atoms with Crippen LogP contribution in [0.15, 0.2) is 23.3 Å². The average molecular weight is 531 g/mol. The van der Waals surface area contributed by atoms with Crippen molar-refractivity contribution in [2.45, 2.75) is 106 Å². The summed E-state index contributed by atoms with van der Waals surface area (Å²) in [7, 11) is 0. The van der Waals surface area contributed by atoms with Crippen molar-refractivity contribution >= 4 is 11.6 Å². The van der Waals surface area contributed by atoms with Gasteiger partial charge in [0.1, 0.15) is 6.07 Å². The molecule has 0 aliphatic heterocycles. The standard InChI is InChI=1S/C35H50N2O2/c1-30(2)12-14-35(21-37-20-22-8-9-22)15-13-34(7)28(24(35)18-30)25(38)16-27-32(5)17-23(19-36)29(39)31(3,4)26(32)10-11-33(27,34)6/h16-17,22,24,26,28,37H,8-15,18,20-21H2,1-7H3/t24-,26-,28-,32-,33+,34+,35+/m0/s1. The Bertz CT molecular complexity index is 1210. The molecule has 0 saturated heterocycles. The number of hydrogen-bond donors (Lipinski definition) is 1. The van der Waals surface area contributed by atoms with Crippen LogP contribution in [0.25, 0.3) is 0 Å². The van der Waals surface area contributed by atoms with Gasteiger partial charge in [-0.05, 0) is 110 Å². The number of ketones is 2. The Morgan fingerprint density at radius 1 is 0.949 bits per heavy atom. The number of carbonyl (C=O) groups excluding carboxylic acids is 2. The van der Waals surface area contributed by atoms with Gasteiger partial charge in [-0.25, -0.2) is 0 Å². The van der Waals surface area contributed by atoms with E-state index in [4.69, 9.17) is 0 Å². The predicted molar refractivity (Wildman–Crippen MR) is 154 cm³/mol. The molecule has 0 aromatic rings. The van der Waals surface area contributed by atoms with Crippen LogP contribution >= 0.6 is 0 Å². The van der Waals surface area contributed by atoms with Crippen LogP contribution in [0.5, 0.6) is 0 Å². The summed E-state index contributed by atoms with van der Waals surface area (Å²) in [5, 5.41) is 13.8. The van der Waals surface area contributed by atoms with Crippen molar-refractivity contribution in [1.82, 2.24) is 5.32 Å². The summed E-state index contributed by atoms with van der Waals surface area (Å²) in [5.41, 5.74) is 0.646. The lowest BCUT2D eigenvalue weighted by atomic mass is 9.34. The van der Waals surface area contributed by atoms with E-state index in [1.54, 1.807) is 0 Å². The molecule has 4 nitrogen and oxygen atoms in total. The minimum atomic E-state index is -0.611. The van der Waals surface area contributed by atoms with Crippen molar-refractivity contribution in [3.8, 4) is 6.07 Å². The molecule has 212 valence electrons. The zero-order valence-corrected chi connectivity index (χ0v) is 25.5. The summed E-state index contributed by atoms with van der Waals surface area (Å²) in [6.07, 6.45) is 14.6. The van der Waals surface area contributed by atoms with Crippen LogP contribution in [-0.4, -0.2) is 24.7 Å². The number of nitrogens with one attached hydrogen (secondary N) is 1. The van der Waals surface area contributed by atoms with Crippen molar-refractivity contribution in [2.75, 3.05) is 13.1 Å². The third-order valence-electron chi connectivity index (χ3n) is 13.6. The van der Waals surface area contributed by atoms with Crippen LogP contribution in [0.4, 0.5) is 0 Å². The van der Waals surface area contributed by atoms with Crippen LogP contribution in [0.1, 0.15) is 106 Å². The number of nitriles is 1. The highest BCUT2D eigenvalue weighted by atomic mass is 16.1. The van der Waals surface area contributed by atoms with Gasteiger partial charge in [0.2, 0.25) is 0 Å². The molecule has 1 N–H and O–H groups in total. The number of rotatable bonds is 4. The van der Waals surface area contributed by atoms with Crippen molar-refractivity contribution in [1.29, 1.82) is 5.26 Å². The Labute approximate surface area is 236 Å². The molecule has 4 saturated carbocycles. The molecule has 39 heavy (non-hydrogen) atoms. The van der Waals surface area contributed by atoms with Crippen LogP contribution in [0.2, 0.25) is 0 Å². The number of hydrogen-bond acceptors (Lipinski definition) is 4. The molecule has 0 unspecified atom stereocenters. The second kappa shape index (κ2) is 8.40. The van der Waals surface area contributed by atoms with E-state index in [0.717, 1.165) is 44.7 Å². The molecule has 6 rings (SSSR count). The molecule has 0 bridgehead atoms. The van der Waals surface area contributed by atoms with E-state index in [1.165, 1.54) is 37.7 Å². The Morgan fingerprint density at radius 3 is 2.31 bits per heavy atom.